The number of ether oxygens (including phenoxy) is 2. The van der Waals surface area contributed by atoms with Gasteiger partial charge in [0.25, 0.3) is 11.8 Å². The Morgan fingerprint density at radius 1 is 0.969 bits per heavy atom. The summed E-state index contributed by atoms with van der Waals surface area (Å²) in [5.41, 5.74) is 2.30. The number of carbonyl (C=O) groups excluding carboxylic acids is 3. The normalized spacial score (nSPS) is 13.8. The molecule has 0 radical (unpaired) electrons. The van der Waals surface area contributed by atoms with Gasteiger partial charge in [-0.15, -0.1) is 0 Å². The van der Waals surface area contributed by atoms with Crippen LogP contribution in [0.2, 0.25) is 6.32 Å². The van der Waals surface area contributed by atoms with Crippen LogP contribution in [0.5, 0.6) is 0 Å². The number of nitrogens with zero attached hydrogens (tertiary/aromatic N) is 1. The van der Waals surface area contributed by atoms with Crippen molar-refractivity contribution < 1.29 is 23.9 Å². The first-order valence-electron chi connectivity index (χ1n) is 10.8. The zero-order valence-corrected chi connectivity index (χ0v) is 18.2. The number of carbonyl (C=O) groups is 3. The van der Waals surface area contributed by atoms with Crippen LogP contribution in [0.4, 0.5) is 16.2 Å². The fourth-order valence-corrected chi connectivity index (χ4v) is 3.56. The van der Waals surface area contributed by atoms with Gasteiger partial charge in [-0.2, -0.15) is 0 Å². The van der Waals surface area contributed by atoms with E-state index in [-0.39, 0.29) is 18.4 Å². The maximum absolute atomic E-state index is 11.9. The third kappa shape index (κ3) is 6.55. The van der Waals surface area contributed by atoms with E-state index < -0.39 is 6.09 Å². The van der Waals surface area contributed by atoms with Crippen molar-refractivity contribution in [3.05, 3.63) is 72.3 Å². The van der Waals surface area contributed by atoms with Gasteiger partial charge < -0.3 is 9.47 Å². The van der Waals surface area contributed by atoms with Gasteiger partial charge in [-0.1, -0.05) is 55.6 Å². The van der Waals surface area contributed by atoms with Crippen LogP contribution in [0.15, 0.2) is 66.7 Å². The fraction of sp³-hybridized carbons (Fsp3) is 0.292. The number of anilines is 2. The summed E-state index contributed by atoms with van der Waals surface area (Å²) in [5, 5.41) is 2.60. The van der Waals surface area contributed by atoms with Gasteiger partial charge in [0, 0.05) is 24.4 Å². The molecular formula is C24H27BN2O5. The van der Waals surface area contributed by atoms with Crippen LogP contribution >= 0.6 is 0 Å². The summed E-state index contributed by atoms with van der Waals surface area (Å²) >= 11 is 0. The Kier molecular flexibility index (Phi) is 8.63. The minimum atomic E-state index is -0.591. The third-order valence-electron chi connectivity index (χ3n) is 5.25. The molecule has 0 saturated heterocycles. The number of rotatable bonds is 11. The van der Waals surface area contributed by atoms with Crippen LogP contribution in [0.1, 0.15) is 24.7 Å². The summed E-state index contributed by atoms with van der Waals surface area (Å²) in [6.07, 6.45) is 3.89. The number of benzene rings is 2. The van der Waals surface area contributed by atoms with Crippen molar-refractivity contribution in [1.82, 2.24) is 0 Å². The Morgan fingerprint density at radius 2 is 1.66 bits per heavy atom. The molecule has 2 aromatic carbocycles. The molecule has 0 aliphatic carbocycles. The highest BCUT2D eigenvalue weighted by Crippen LogP contribution is 2.21. The Balaban J connectivity index is 1.29. The Morgan fingerprint density at radius 3 is 2.31 bits per heavy atom. The van der Waals surface area contributed by atoms with Crippen molar-refractivity contribution >= 4 is 36.6 Å². The predicted octanol–water partition coefficient (Wildman–Crippen LogP) is 3.69. The first kappa shape index (κ1) is 23.3. The van der Waals surface area contributed by atoms with E-state index in [2.05, 4.69) is 36.5 Å². The van der Waals surface area contributed by atoms with Crippen LogP contribution in [-0.4, -0.2) is 45.0 Å². The highest BCUT2D eigenvalue weighted by atomic mass is 16.6. The molecule has 2 aromatic rings. The van der Waals surface area contributed by atoms with Crippen molar-refractivity contribution in [1.29, 1.82) is 0 Å². The lowest BCUT2D eigenvalue weighted by Crippen LogP contribution is -2.29. The second-order valence-electron chi connectivity index (χ2n) is 7.42. The summed E-state index contributed by atoms with van der Waals surface area (Å²) in [4.78, 5) is 36.4. The highest BCUT2D eigenvalue weighted by Gasteiger charge is 2.24. The van der Waals surface area contributed by atoms with E-state index in [1.807, 2.05) is 6.07 Å². The van der Waals surface area contributed by atoms with Gasteiger partial charge in [0.2, 0.25) is 0 Å². The quantitative estimate of drug-likeness (QED) is 0.331. The molecule has 1 aliphatic rings. The van der Waals surface area contributed by atoms with E-state index in [0.29, 0.717) is 30.4 Å². The molecule has 1 unspecified atom stereocenters. The molecule has 0 fully saturated rings. The molecule has 1 atom stereocenters. The third-order valence-corrected chi connectivity index (χ3v) is 5.25. The summed E-state index contributed by atoms with van der Waals surface area (Å²) < 4.78 is 10.7. The number of amides is 3. The lowest BCUT2D eigenvalue weighted by molar-refractivity contribution is -0.119. The molecule has 0 aromatic heterocycles. The van der Waals surface area contributed by atoms with E-state index in [4.69, 9.17) is 9.47 Å². The largest absolute Gasteiger partial charge is 0.447 e. The van der Waals surface area contributed by atoms with Gasteiger partial charge in [0.15, 0.2) is 0 Å². The van der Waals surface area contributed by atoms with E-state index in [0.717, 1.165) is 24.9 Å². The number of hydrogen-bond acceptors (Lipinski definition) is 5. The lowest BCUT2D eigenvalue weighted by atomic mass is 9.58. The molecule has 0 saturated carbocycles. The maximum atomic E-state index is 11.9. The predicted molar refractivity (Wildman–Crippen MR) is 125 cm³/mol. The van der Waals surface area contributed by atoms with Crippen molar-refractivity contribution in [3.8, 4) is 0 Å². The molecule has 3 amide bonds. The second kappa shape index (κ2) is 11.9. The van der Waals surface area contributed by atoms with Gasteiger partial charge in [-0.25, -0.2) is 9.69 Å². The molecule has 32 heavy (non-hydrogen) atoms. The molecule has 3 rings (SSSR count). The summed E-state index contributed by atoms with van der Waals surface area (Å²) in [7, 11) is 1.06. The Labute approximate surface area is 188 Å². The molecule has 8 heteroatoms. The lowest BCUT2D eigenvalue weighted by Gasteiger charge is -2.14. The Hall–Kier alpha value is -3.39. The van der Waals surface area contributed by atoms with Crippen LogP contribution in [0, 0.1) is 0 Å². The Bertz CT molecular complexity index is 929. The minimum absolute atomic E-state index is 0.155. The van der Waals surface area contributed by atoms with Gasteiger partial charge in [0.1, 0.15) is 13.9 Å². The van der Waals surface area contributed by atoms with Crippen LogP contribution < -0.4 is 10.2 Å². The second-order valence-corrected chi connectivity index (χ2v) is 7.42. The SMILES string of the molecule is CCC(BCCOCCOC(=O)Nc1ccc(N2C(=O)C=CC2=O)cc1)c1ccccc1. The molecule has 166 valence electrons. The van der Waals surface area contributed by atoms with Crippen molar-refractivity contribution in [2.24, 2.45) is 0 Å². The first-order chi connectivity index (χ1) is 15.6. The molecule has 1 N–H and O–H groups in total. The van der Waals surface area contributed by atoms with E-state index in [1.165, 1.54) is 17.7 Å². The zero-order chi connectivity index (χ0) is 22.8. The zero-order valence-electron chi connectivity index (χ0n) is 18.2. The fourth-order valence-electron chi connectivity index (χ4n) is 3.56. The van der Waals surface area contributed by atoms with Gasteiger partial charge in [-0.3, -0.25) is 14.9 Å². The average molecular weight is 434 g/mol. The molecule has 7 nitrogen and oxygen atoms in total. The van der Waals surface area contributed by atoms with Crippen LogP contribution in [0.25, 0.3) is 0 Å². The van der Waals surface area contributed by atoms with Gasteiger partial charge in [0.05, 0.1) is 12.3 Å². The average Bonchev–Trinajstić information content (AvgIpc) is 3.15. The molecular weight excluding hydrogens is 407 g/mol. The molecule has 1 heterocycles. The van der Waals surface area contributed by atoms with Gasteiger partial charge in [-0.05, 0) is 30.1 Å². The van der Waals surface area contributed by atoms with Crippen molar-refractivity contribution in [2.45, 2.75) is 25.5 Å². The van der Waals surface area contributed by atoms with E-state index in [1.54, 1.807) is 24.3 Å². The summed E-state index contributed by atoms with van der Waals surface area (Å²) in [6.45, 7) is 3.31. The molecule has 0 spiro atoms. The highest BCUT2D eigenvalue weighted by molar-refractivity contribution is 6.37. The monoisotopic (exact) mass is 434 g/mol. The first-order valence-corrected chi connectivity index (χ1v) is 10.8. The smallest absolute Gasteiger partial charge is 0.411 e. The van der Waals surface area contributed by atoms with Crippen molar-refractivity contribution in [2.75, 3.05) is 30.0 Å². The molecule has 0 bridgehead atoms. The van der Waals surface area contributed by atoms with E-state index >= 15 is 0 Å². The summed E-state index contributed by atoms with van der Waals surface area (Å²) in [5.74, 6) is -0.244. The van der Waals surface area contributed by atoms with Crippen molar-refractivity contribution in [3.63, 3.8) is 0 Å². The topological polar surface area (TPSA) is 84.9 Å². The molecule has 1 aliphatic heterocycles. The van der Waals surface area contributed by atoms with Crippen LogP contribution in [-0.2, 0) is 19.1 Å². The number of nitrogens with one attached hydrogen (secondary N) is 1. The minimum Gasteiger partial charge on any atom is -0.447 e. The van der Waals surface area contributed by atoms with E-state index in [9.17, 15) is 14.4 Å². The van der Waals surface area contributed by atoms with Crippen LogP contribution in [0.3, 0.4) is 0 Å². The summed E-state index contributed by atoms with van der Waals surface area (Å²) in [6, 6.07) is 16.9. The van der Waals surface area contributed by atoms with Gasteiger partial charge >= 0.3 is 6.09 Å². The number of imide groups is 1. The standard InChI is InChI=1S/C24H27BN2O5/c1-2-21(18-6-4-3-5-7-18)25-14-15-31-16-17-32-24(30)26-19-8-10-20(11-9-19)27-22(28)12-13-23(27)29/h3-13,21,25H,2,14-17H2,1H3,(H,26,30). The number of hydrogen-bond donors (Lipinski definition) is 1. The maximum Gasteiger partial charge on any atom is 0.411 e.